The summed E-state index contributed by atoms with van der Waals surface area (Å²) in [5.41, 5.74) is 5.71. The summed E-state index contributed by atoms with van der Waals surface area (Å²) in [6, 6.07) is 4.73. The monoisotopic (exact) mass is 183 g/mol. The number of thiophene rings is 1. The average Bonchev–Trinajstić information content (AvgIpc) is 2.36. The van der Waals surface area contributed by atoms with Gasteiger partial charge in [-0.05, 0) is 31.9 Å². The van der Waals surface area contributed by atoms with E-state index in [0.29, 0.717) is 0 Å². The number of aryl methyl sites for hydroxylation is 1. The lowest BCUT2D eigenvalue weighted by molar-refractivity contribution is 0.746. The van der Waals surface area contributed by atoms with Gasteiger partial charge in [0.15, 0.2) is 0 Å². The maximum atomic E-state index is 5.71. The van der Waals surface area contributed by atoms with Gasteiger partial charge in [-0.1, -0.05) is 13.3 Å². The number of nitrogens with two attached hydrogens (primary N) is 1. The lowest BCUT2D eigenvalue weighted by Crippen LogP contribution is -2.16. The molecule has 0 saturated carbocycles. The minimum absolute atomic E-state index is 0.290. The lowest BCUT2D eigenvalue weighted by Gasteiger charge is -2.00. The molecule has 2 N–H and O–H groups in total. The molecule has 1 aromatic rings. The van der Waals surface area contributed by atoms with Gasteiger partial charge >= 0.3 is 0 Å². The Hall–Kier alpha value is -0.340. The zero-order valence-electron chi connectivity index (χ0n) is 7.84. The Balaban J connectivity index is 2.52. The Morgan fingerprint density at radius 2 is 2.08 bits per heavy atom. The maximum Gasteiger partial charge on any atom is 0.00634 e. The minimum atomic E-state index is 0.290. The zero-order valence-corrected chi connectivity index (χ0v) is 8.66. The van der Waals surface area contributed by atoms with Crippen molar-refractivity contribution in [2.75, 3.05) is 0 Å². The predicted octanol–water partition coefficient (Wildman–Crippen LogP) is 2.59. The molecule has 1 atom stereocenters. The SMILES string of the molecule is CCCc1ccc(CC(C)N)s1. The molecule has 0 saturated heterocycles. The van der Waals surface area contributed by atoms with Gasteiger partial charge in [-0.2, -0.15) is 0 Å². The second-order valence-electron chi connectivity index (χ2n) is 3.30. The van der Waals surface area contributed by atoms with E-state index in [1.165, 1.54) is 22.6 Å². The van der Waals surface area contributed by atoms with Crippen LogP contribution >= 0.6 is 11.3 Å². The van der Waals surface area contributed by atoms with Crippen LogP contribution in [-0.4, -0.2) is 6.04 Å². The Morgan fingerprint density at radius 3 is 2.67 bits per heavy atom. The number of hydrogen-bond acceptors (Lipinski definition) is 2. The van der Waals surface area contributed by atoms with Crippen LogP contribution in [0.25, 0.3) is 0 Å². The van der Waals surface area contributed by atoms with Crippen molar-refractivity contribution in [2.45, 2.75) is 39.2 Å². The van der Waals surface area contributed by atoms with Gasteiger partial charge in [-0.3, -0.25) is 0 Å². The van der Waals surface area contributed by atoms with Gasteiger partial charge in [0.25, 0.3) is 0 Å². The first-order chi connectivity index (χ1) is 5.72. The summed E-state index contributed by atoms with van der Waals surface area (Å²) >= 11 is 1.91. The topological polar surface area (TPSA) is 26.0 Å². The standard InChI is InChI=1S/C10H17NS/c1-3-4-9-5-6-10(12-9)7-8(2)11/h5-6,8H,3-4,7,11H2,1-2H3. The molecule has 0 aliphatic rings. The van der Waals surface area contributed by atoms with E-state index in [1.54, 1.807) is 0 Å². The molecule has 0 spiro atoms. The normalized spacial score (nSPS) is 13.2. The van der Waals surface area contributed by atoms with E-state index in [4.69, 9.17) is 5.73 Å². The van der Waals surface area contributed by atoms with Crippen LogP contribution in [0.1, 0.15) is 30.0 Å². The Morgan fingerprint density at radius 1 is 1.42 bits per heavy atom. The van der Waals surface area contributed by atoms with Gasteiger partial charge in [0.05, 0.1) is 0 Å². The molecular weight excluding hydrogens is 166 g/mol. The highest BCUT2D eigenvalue weighted by Crippen LogP contribution is 2.18. The van der Waals surface area contributed by atoms with E-state index in [1.807, 2.05) is 11.3 Å². The van der Waals surface area contributed by atoms with Crippen LogP contribution in [0.3, 0.4) is 0 Å². The van der Waals surface area contributed by atoms with Crippen molar-refractivity contribution in [3.63, 3.8) is 0 Å². The first-order valence-corrected chi connectivity index (χ1v) is 5.37. The van der Waals surface area contributed by atoms with Gasteiger partial charge in [0.2, 0.25) is 0 Å². The quantitative estimate of drug-likeness (QED) is 0.763. The molecule has 12 heavy (non-hydrogen) atoms. The average molecular weight is 183 g/mol. The van der Waals surface area contributed by atoms with Crippen molar-refractivity contribution >= 4 is 11.3 Å². The number of hydrogen-bond donors (Lipinski definition) is 1. The van der Waals surface area contributed by atoms with E-state index in [9.17, 15) is 0 Å². The van der Waals surface area contributed by atoms with E-state index in [0.717, 1.165) is 6.42 Å². The van der Waals surface area contributed by atoms with E-state index in [2.05, 4.69) is 26.0 Å². The summed E-state index contributed by atoms with van der Waals surface area (Å²) in [7, 11) is 0. The molecule has 0 aliphatic heterocycles. The van der Waals surface area contributed by atoms with Crippen LogP contribution in [0.4, 0.5) is 0 Å². The highest BCUT2D eigenvalue weighted by Gasteiger charge is 2.01. The molecule has 0 aliphatic carbocycles. The Labute approximate surface area is 78.6 Å². The summed E-state index contributed by atoms with van der Waals surface area (Å²) in [5.74, 6) is 0. The van der Waals surface area contributed by atoms with Crippen LogP contribution in [0.15, 0.2) is 12.1 Å². The van der Waals surface area contributed by atoms with Crippen molar-refractivity contribution in [3.8, 4) is 0 Å². The molecular formula is C10H17NS. The van der Waals surface area contributed by atoms with Gasteiger partial charge in [-0.15, -0.1) is 11.3 Å². The largest absolute Gasteiger partial charge is 0.328 e. The van der Waals surface area contributed by atoms with Crippen molar-refractivity contribution in [3.05, 3.63) is 21.9 Å². The molecule has 1 rings (SSSR count). The van der Waals surface area contributed by atoms with E-state index < -0.39 is 0 Å². The molecule has 1 aromatic heterocycles. The molecule has 0 fully saturated rings. The smallest absolute Gasteiger partial charge is 0.00634 e. The van der Waals surface area contributed by atoms with Crippen LogP contribution in [0.5, 0.6) is 0 Å². The van der Waals surface area contributed by atoms with Gasteiger partial charge in [0, 0.05) is 15.8 Å². The van der Waals surface area contributed by atoms with Crippen molar-refractivity contribution < 1.29 is 0 Å². The van der Waals surface area contributed by atoms with Crippen molar-refractivity contribution in [1.29, 1.82) is 0 Å². The second kappa shape index (κ2) is 4.63. The maximum absolute atomic E-state index is 5.71. The highest BCUT2D eigenvalue weighted by molar-refractivity contribution is 7.11. The van der Waals surface area contributed by atoms with E-state index >= 15 is 0 Å². The van der Waals surface area contributed by atoms with E-state index in [-0.39, 0.29) is 6.04 Å². The summed E-state index contributed by atoms with van der Waals surface area (Å²) in [6.07, 6.45) is 3.47. The molecule has 68 valence electrons. The fraction of sp³-hybridized carbons (Fsp3) is 0.600. The third kappa shape index (κ3) is 2.95. The fourth-order valence-corrected chi connectivity index (χ4v) is 2.49. The summed E-state index contributed by atoms with van der Waals surface area (Å²) < 4.78 is 0. The first kappa shape index (κ1) is 9.75. The van der Waals surface area contributed by atoms with Crippen LogP contribution in [0, 0.1) is 0 Å². The van der Waals surface area contributed by atoms with Gasteiger partial charge in [-0.25, -0.2) is 0 Å². The molecule has 1 nitrogen and oxygen atoms in total. The predicted molar refractivity (Wildman–Crippen MR) is 55.7 cm³/mol. The first-order valence-electron chi connectivity index (χ1n) is 4.55. The summed E-state index contributed by atoms with van der Waals surface area (Å²) in [5, 5.41) is 0. The summed E-state index contributed by atoms with van der Waals surface area (Å²) in [4.78, 5) is 2.92. The van der Waals surface area contributed by atoms with Crippen LogP contribution in [0.2, 0.25) is 0 Å². The number of rotatable bonds is 4. The second-order valence-corrected chi connectivity index (χ2v) is 4.55. The van der Waals surface area contributed by atoms with Crippen LogP contribution < -0.4 is 5.73 Å². The molecule has 0 amide bonds. The molecule has 2 heteroatoms. The molecule has 1 unspecified atom stereocenters. The Bertz CT molecular complexity index is 227. The lowest BCUT2D eigenvalue weighted by atomic mass is 10.2. The third-order valence-corrected chi connectivity index (χ3v) is 2.90. The molecule has 0 aromatic carbocycles. The summed E-state index contributed by atoms with van der Waals surface area (Å²) in [6.45, 7) is 4.27. The zero-order chi connectivity index (χ0) is 8.97. The fourth-order valence-electron chi connectivity index (χ4n) is 1.23. The Kier molecular flexibility index (Phi) is 3.76. The van der Waals surface area contributed by atoms with Crippen molar-refractivity contribution in [2.24, 2.45) is 5.73 Å². The highest BCUT2D eigenvalue weighted by atomic mass is 32.1. The van der Waals surface area contributed by atoms with Crippen molar-refractivity contribution in [1.82, 2.24) is 0 Å². The molecule has 0 radical (unpaired) electrons. The molecule has 1 heterocycles. The van der Waals surface area contributed by atoms with Gasteiger partial charge in [0.1, 0.15) is 0 Å². The molecule has 0 bridgehead atoms. The van der Waals surface area contributed by atoms with Gasteiger partial charge < -0.3 is 5.73 Å². The van der Waals surface area contributed by atoms with Crippen LogP contribution in [-0.2, 0) is 12.8 Å². The third-order valence-electron chi connectivity index (χ3n) is 1.74. The minimum Gasteiger partial charge on any atom is -0.328 e.